The van der Waals surface area contributed by atoms with Crippen molar-refractivity contribution in [2.24, 2.45) is 5.73 Å². The maximum absolute atomic E-state index is 12.0. The van der Waals surface area contributed by atoms with Crippen LogP contribution in [0.2, 0.25) is 0 Å². The second kappa shape index (κ2) is 4.54. The van der Waals surface area contributed by atoms with Gasteiger partial charge >= 0.3 is 0 Å². The molecule has 1 atom stereocenters. The molecule has 0 saturated carbocycles. The van der Waals surface area contributed by atoms with E-state index in [1.54, 1.807) is 13.0 Å². The lowest BCUT2D eigenvalue weighted by molar-refractivity contribution is 0.174. The van der Waals surface area contributed by atoms with Crippen LogP contribution >= 0.6 is 0 Å². The Morgan fingerprint density at radius 2 is 2.06 bits per heavy atom. The molecule has 5 nitrogen and oxygen atoms in total. The van der Waals surface area contributed by atoms with Crippen LogP contribution in [0.5, 0.6) is 11.5 Å². The summed E-state index contributed by atoms with van der Waals surface area (Å²) in [6.45, 7) is 1.92. The standard InChI is InChI=1S/C11H15NO4S/c1-8(12)4-5-17(13,14)9-2-3-10-11(6-9)16-7-15-10/h2-3,6,8H,4-5,7,12H2,1H3. The van der Waals surface area contributed by atoms with Crippen LogP contribution in [0.3, 0.4) is 0 Å². The predicted molar refractivity (Wildman–Crippen MR) is 62.9 cm³/mol. The smallest absolute Gasteiger partial charge is 0.231 e. The van der Waals surface area contributed by atoms with Crippen molar-refractivity contribution in [2.75, 3.05) is 12.5 Å². The van der Waals surface area contributed by atoms with Gasteiger partial charge in [-0.05, 0) is 25.5 Å². The Labute approximate surface area is 100 Å². The third-order valence-electron chi connectivity index (χ3n) is 2.55. The molecule has 0 fully saturated rings. The van der Waals surface area contributed by atoms with E-state index in [1.807, 2.05) is 0 Å². The lowest BCUT2D eigenvalue weighted by Crippen LogP contribution is -2.20. The molecule has 1 heterocycles. The summed E-state index contributed by atoms with van der Waals surface area (Å²) < 4.78 is 34.2. The van der Waals surface area contributed by atoms with Gasteiger partial charge in [-0.1, -0.05) is 0 Å². The molecule has 2 N–H and O–H groups in total. The zero-order valence-electron chi connectivity index (χ0n) is 9.55. The fourth-order valence-electron chi connectivity index (χ4n) is 1.53. The molecule has 1 aromatic carbocycles. The molecule has 1 unspecified atom stereocenters. The SMILES string of the molecule is CC(N)CCS(=O)(=O)c1ccc2c(c1)OCO2. The first kappa shape index (κ1) is 12.2. The number of ether oxygens (including phenoxy) is 2. The second-order valence-electron chi connectivity index (χ2n) is 4.10. The molecule has 1 aromatic rings. The lowest BCUT2D eigenvalue weighted by Gasteiger charge is -2.07. The Hall–Kier alpha value is -1.27. The summed E-state index contributed by atoms with van der Waals surface area (Å²) in [6.07, 6.45) is 0.441. The van der Waals surface area contributed by atoms with E-state index in [2.05, 4.69) is 0 Å². The molecule has 6 heteroatoms. The molecule has 0 aromatic heterocycles. The minimum atomic E-state index is -3.29. The summed E-state index contributed by atoms with van der Waals surface area (Å²) >= 11 is 0. The van der Waals surface area contributed by atoms with E-state index in [0.717, 1.165) is 0 Å². The Bertz CT molecular complexity index is 510. The van der Waals surface area contributed by atoms with Crippen molar-refractivity contribution in [3.05, 3.63) is 18.2 Å². The van der Waals surface area contributed by atoms with Crippen LogP contribution in [0.1, 0.15) is 13.3 Å². The fourth-order valence-corrected chi connectivity index (χ4v) is 3.01. The van der Waals surface area contributed by atoms with Gasteiger partial charge in [-0.3, -0.25) is 0 Å². The van der Waals surface area contributed by atoms with Crippen LogP contribution in [-0.4, -0.2) is 27.0 Å². The highest BCUT2D eigenvalue weighted by Crippen LogP contribution is 2.34. The number of sulfone groups is 1. The van der Waals surface area contributed by atoms with Crippen LogP contribution in [0.15, 0.2) is 23.1 Å². The van der Waals surface area contributed by atoms with Crippen molar-refractivity contribution < 1.29 is 17.9 Å². The third kappa shape index (κ3) is 2.70. The Morgan fingerprint density at radius 1 is 1.35 bits per heavy atom. The molecule has 2 rings (SSSR count). The van der Waals surface area contributed by atoms with Crippen LogP contribution in [0.4, 0.5) is 0 Å². The van der Waals surface area contributed by atoms with E-state index in [1.165, 1.54) is 12.1 Å². The summed E-state index contributed by atoms with van der Waals surface area (Å²) in [6, 6.07) is 4.52. The zero-order chi connectivity index (χ0) is 12.5. The normalized spacial score (nSPS) is 15.9. The Morgan fingerprint density at radius 3 is 2.76 bits per heavy atom. The van der Waals surface area contributed by atoms with Crippen LogP contribution in [-0.2, 0) is 9.84 Å². The highest BCUT2D eigenvalue weighted by atomic mass is 32.2. The Kier molecular flexibility index (Phi) is 3.26. The first-order valence-electron chi connectivity index (χ1n) is 5.37. The first-order chi connectivity index (χ1) is 7.99. The fraction of sp³-hybridized carbons (Fsp3) is 0.455. The third-order valence-corrected chi connectivity index (χ3v) is 4.29. The van der Waals surface area contributed by atoms with Crippen molar-refractivity contribution >= 4 is 9.84 Å². The maximum atomic E-state index is 12.0. The van der Waals surface area contributed by atoms with Crippen molar-refractivity contribution in [2.45, 2.75) is 24.3 Å². The number of hydrogen-bond acceptors (Lipinski definition) is 5. The van der Waals surface area contributed by atoms with Crippen LogP contribution in [0.25, 0.3) is 0 Å². The molecular weight excluding hydrogens is 242 g/mol. The number of nitrogens with two attached hydrogens (primary N) is 1. The van der Waals surface area contributed by atoms with Crippen molar-refractivity contribution in [3.63, 3.8) is 0 Å². The van der Waals surface area contributed by atoms with Gasteiger partial charge in [-0.25, -0.2) is 8.42 Å². The van der Waals surface area contributed by atoms with Gasteiger partial charge in [0.2, 0.25) is 6.79 Å². The van der Waals surface area contributed by atoms with Crippen molar-refractivity contribution in [3.8, 4) is 11.5 Å². The lowest BCUT2D eigenvalue weighted by atomic mass is 10.3. The molecule has 1 aliphatic heterocycles. The summed E-state index contributed by atoms with van der Waals surface area (Å²) in [5.41, 5.74) is 5.56. The molecule has 0 radical (unpaired) electrons. The number of benzene rings is 1. The second-order valence-corrected chi connectivity index (χ2v) is 6.21. The van der Waals surface area contributed by atoms with Gasteiger partial charge < -0.3 is 15.2 Å². The summed E-state index contributed by atoms with van der Waals surface area (Å²) in [5, 5.41) is 0. The molecule has 94 valence electrons. The molecule has 0 bridgehead atoms. The molecule has 17 heavy (non-hydrogen) atoms. The van der Waals surface area contributed by atoms with E-state index in [0.29, 0.717) is 17.9 Å². The van der Waals surface area contributed by atoms with Gasteiger partial charge in [0, 0.05) is 12.1 Å². The first-order valence-corrected chi connectivity index (χ1v) is 7.02. The largest absolute Gasteiger partial charge is 0.454 e. The molecular formula is C11H15NO4S. The van der Waals surface area contributed by atoms with Crippen LogP contribution < -0.4 is 15.2 Å². The van der Waals surface area contributed by atoms with E-state index in [4.69, 9.17) is 15.2 Å². The Balaban J connectivity index is 2.22. The van der Waals surface area contributed by atoms with Crippen LogP contribution in [0, 0.1) is 0 Å². The van der Waals surface area contributed by atoms with Gasteiger partial charge in [0.15, 0.2) is 21.3 Å². The number of rotatable bonds is 4. The van der Waals surface area contributed by atoms with Crippen molar-refractivity contribution in [1.82, 2.24) is 0 Å². The van der Waals surface area contributed by atoms with Gasteiger partial charge in [0.1, 0.15) is 0 Å². The summed E-state index contributed by atoms with van der Waals surface area (Å²) in [4.78, 5) is 0.252. The van der Waals surface area contributed by atoms with E-state index in [-0.39, 0.29) is 23.5 Å². The van der Waals surface area contributed by atoms with Crippen molar-refractivity contribution in [1.29, 1.82) is 0 Å². The average molecular weight is 257 g/mol. The van der Waals surface area contributed by atoms with E-state index in [9.17, 15) is 8.42 Å². The molecule has 0 aliphatic carbocycles. The zero-order valence-corrected chi connectivity index (χ0v) is 10.4. The topological polar surface area (TPSA) is 78.6 Å². The minimum Gasteiger partial charge on any atom is -0.454 e. The highest BCUT2D eigenvalue weighted by Gasteiger charge is 2.20. The molecule has 0 saturated heterocycles. The number of fused-ring (bicyclic) bond motifs is 1. The molecule has 0 amide bonds. The maximum Gasteiger partial charge on any atom is 0.231 e. The van der Waals surface area contributed by atoms with Gasteiger partial charge in [-0.15, -0.1) is 0 Å². The highest BCUT2D eigenvalue weighted by molar-refractivity contribution is 7.91. The molecule has 1 aliphatic rings. The van der Waals surface area contributed by atoms with E-state index < -0.39 is 9.84 Å². The van der Waals surface area contributed by atoms with E-state index >= 15 is 0 Å². The van der Waals surface area contributed by atoms with Gasteiger partial charge in [0.25, 0.3) is 0 Å². The predicted octanol–water partition coefficient (Wildman–Crippen LogP) is 0.926. The average Bonchev–Trinajstić information content (AvgIpc) is 2.73. The number of hydrogen-bond donors (Lipinski definition) is 1. The quantitative estimate of drug-likeness (QED) is 0.868. The minimum absolute atomic E-state index is 0.0459. The summed E-state index contributed by atoms with van der Waals surface area (Å²) in [5.74, 6) is 1.10. The summed E-state index contributed by atoms with van der Waals surface area (Å²) in [7, 11) is -3.29. The van der Waals surface area contributed by atoms with Gasteiger partial charge in [-0.2, -0.15) is 0 Å². The molecule has 0 spiro atoms. The van der Waals surface area contributed by atoms with Gasteiger partial charge in [0.05, 0.1) is 10.6 Å². The monoisotopic (exact) mass is 257 g/mol.